The molecule has 1 N–H and O–H groups in total. The van der Waals surface area contributed by atoms with Crippen molar-refractivity contribution >= 4 is 72.7 Å². The molecular weight excluding hydrogens is 439 g/mol. The maximum atomic E-state index is 11.9. The predicted octanol–water partition coefficient (Wildman–Crippen LogP) is 5.82. The van der Waals surface area contributed by atoms with Gasteiger partial charge >= 0.3 is 14.9 Å². The van der Waals surface area contributed by atoms with E-state index in [1.807, 2.05) is 36.0 Å². The Kier molecular flexibility index (Phi) is 7.02. The minimum absolute atomic E-state index is 0.339. The molecule has 138 valence electrons. The number of esters is 1. The number of ether oxygens (including phenoxy) is 1. The number of benzene rings is 2. The lowest BCUT2D eigenvalue weighted by Gasteiger charge is -1.99. The normalized spacial score (nSPS) is 11.0. The first kappa shape index (κ1) is 20.0. The second kappa shape index (κ2) is 9.47. The van der Waals surface area contributed by atoms with Crippen molar-refractivity contribution in [3.8, 4) is 5.75 Å². The van der Waals surface area contributed by atoms with Gasteiger partial charge in [-0.15, -0.1) is 29.1 Å². The number of thiol groups is 1. The summed E-state index contributed by atoms with van der Waals surface area (Å²) in [7, 11) is 0.972. The van der Waals surface area contributed by atoms with E-state index in [0.717, 1.165) is 10.4 Å². The number of H-pyrrole nitrogens is 1. The number of carbonyl (C=O) groups is 1. The minimum Gasteiger partial charge on any atom is -0.420 e. The van der Waals surface area contributed by atoms with E-state index in [9.17, 15) is 4.79 Å². The first-order valence-corrected chi connectivity index (χ1v) is 12.2. The fraction of sp³-hybridized carbons (Fsp3) is 0.0588. The summed E-state index contributed by atoms with van der Waals surface area (Å²) in [6, 6.07) is 14.8. The maximum Gasteiger partial charge on any atom is 0.396 e. The van der Waals surface area contributed by atoms with Crippen molar-refractivity contribution in [3.05, 3.63) is 63.0 Å². The number of fused-ring (bicyclic) bond motifs is 1. The van der Waals surface area contributed by atoms with Crippen LogP contribution in [-0.4, -0.2) is 27.4 Å². The number of nitrogens with one attached hydrogen (secondary N) is 1. The van der Waals surface area contributed by atoms with Crippen molar-refractivity contribution in [2.24, 2.45) is 0 Å². The fourth-order valence-corrected chi connectivity index (χ4v) is 6.30. The van der Waals surface area contributed by atoms with E-state index in [1.165, 1.54) is 15.5 Å². The highest BCUT2D eigenvalue weighted by molar-refractivity contribution is 8.45. The number of aromatic amines is 1. The zero-order chi connectivity index (χ0) is 19.2. The molecule has 4 rings (SSSR count). The van der Waals surface area contributed by atoms with Gasteiger partial charge < -0.3 is 4.74 Å². The van der Waals surface area contributed by atoms with Crippen molar-refractivity contribution in [2.45, 2.75) is 4.90 Å². The molecule has 2 heterocycles. The Morgan fingerprint density at radius 3 is 2.74 bits per heavy atom. The third kappa shape index (κ3) is 4.96. The van der Waals surface area contributed by atoms with Gasteiger partial charge in [-0.3, -0.25) is 0 Å². The highest BCUT2D eigenvalue weighted by Gasteiger charge is 2.24. The molecule has 0 spiro atoms. The van der Waals surface area contributed by atoms with Crippen LogP contribution < -0.4 is 4.74 Å². The largest absolute Gasteiger partial charge is 0.420 e. The third-order valence-corrected chi connectivity index (χ3v) is 8.88. The minimum atomic E-state index is -0.508. The Morgan fingerprint density at radius 1 is 1.26 bits per heavy atom. The Hall–Kier alpha value is -1.72. The molecule has 0 aliphatic carbocycles. The average molecular weight is 453 g/mol. The number of hydrogen-bond acceptors (Lipinski definition) is 8. The number of hydrogen-bond donors (Lipinski definition) is 2. The number of para-hydroxylation sites is 1. The van der Waals surface area contributed by atoms with Crippen molar-refractivity contribution < 1.29 is 9.53 Å². The standard InChI is InChI=1S/C10H8N2O2S3.C7H5NS2/c1-16-17-8(11-12-10(17)15)9(13)14-7-5-3-2-4-6-7;9-6-3-1-2-5-7(6)10-4-8-5/h2-6H,1H3;1-4,9H/p+1. The summed E-state index contributed by atoms with van der Waals surface area (Å²) in [4.78, 5) is 17.0. The van der Waals surface area contributed by atoms with E-state index in [4.69, 9.17) is 17.0 Å². The molecule has 2 aromatic heterocycles. The first-order chi connectivity index (χ1) is 13.1. The van der Waals surface area contributed by atoms with Crippen molar-refractivity contribution in [2.75, 3.05) is 6.26 Å². The molecule has 27 heavy (non-hydrogen) atoms. The quantitative estimate of drug-likeness (QED) is 0.102. The van der Waals surface area contributed by atoms with Crippen molar-refractivity contribution in [1.82, 2.24) is 15.2 Å². The van der Waals surface area contributed by atoms with Crippen LogP contribution in [0, 0.1) is 3.95 Å². The van der Waals surface area contributed by atoms with Gasteiger partial charge in [0.2, 0.25) is 0 Å². The Morgan fingerprint density at radius 2 is 2.04 bits per heavy atom. The molecule has 0 aliphatic heterocycles. The van der Waals surface area contributed by atoms with Gasteiger partial charge in [0.25, 0.3) is 12.2 Å². The second-order valence-corrected chi connectivity index (χ2v) is 10.6. The molecule has 0 amide bonds. The number of aromatic nitrogens is 3. The van der Waals surface area contributed by atoms with Gasteiger partial charge in [0.1, 0.15) is 5.75 Å². The summed E-state index contributed by atoms with van der Waals surface area (Å²) in [5.74, 6) is 0.0453. The van der Waals surface area contributed by atoms with Crippen LogP contribution in [0.25, 0.3) is 10.2 Å². The molecule has 0 saturated carbocycles. The summed E-state index contributed by atoms with van der Waals surface area (Å²) < 4.78 is 6.94. The van der Waals surface area contributed by atoms with Crippen LogP contribution in [0.15, 0.2) is 58.9 Å². The molecular formula is C17H14N3O2S5+. The van der Waals surface area contributed by atoms with E-state index in [2.05, 4.69) is 27.8 Å². The predicted molar refractivity (Wildman–Crippen MR) is 119 cm³/mol. The number of rotatable bonds is 3. The lowest BCUT2D eigenvalue weighted by Crippen LogP contribution is -2.08. The Balaban J connectivity index is 0.000000177. The van der Waals surface area contributed by atoms with Gasteiger partial charge in [-0.2, -0.15) is 0 Å². The Labute approximate surface area is 176 Å². The SMILES string of the molecule is CS[s+]1c(C(=O)Oc2ccccc2)n[nH]c1=S.Sc1cccc2ncsc12. The number of thiazole rings is 1. The van der Waals surface area contributed by atoms with Gasteiger partial charge in [-0.1, -0.05) is 24.3 Å². The summed E-state index contributed by atoms with van der Waals surface area (Å²) in [6.45, 7) is 0. The first-order valence-electron chi connectivity index (χ1n) is 7.55. The van der Waals surface area contributed by atoms with Gasteiger partial charge in [-0.25, -0.2) is 14.9 Å². The molecule has 0 radical (unpaired) electrons. The van der Waals surface area contributed by atoms with Crippen LogP contribution >= 0.6 is 56.5 Å². The zero-order valence-electron chi connectivity index (χ0n) is 14.0. The second-order valence-electron chi connectivity index (χ2n) is 4.93. The van der Waals surface area contributed by atoms with E-state index in [1.54, 1.807) is 35.6 Å². The highest BCUT2D eigenvalue weighted by atomic mass is 33.1. The van der Waals surface area contributed by atoms with E-state index >= 15 is 0 Å². The summed E-state index contributed by atoms with van der Waals surface area (Å²) in [5.41, 5.74) is 2.88. The summed E-state index contributed by atoms with van der Waals surface area (Å²) in [6.07, 6.45) is 1.88. The molecule has 5 nitrogen and oxygen atoms in total. The smallest absolute Gasteiger partial charge is 0.396 e. The van der Waals surface area contributed by atoms with Crippen molar-refractivity contribution in [3.63, 3.8) is 0 Å². The molecule has 0 aliphatic rings. The highest BCUT2D eigenvalue weighted by Crippen LogP contribution is 2.34. The molecule has 1 atom stereocenters. The van der Waals surface area contributed by atoms with E-state index in [-0.39, 0.29) is 0 Å². The van der Waals surface area contributed by atoms with Gasteiger partial charge in [0, 0.05) is 31.4 Å². The molecule has 2 aromatic carbocycles. The molecule has 4 aromatic rings. The van der Waals surface area contributed by atoms with Crippen LogP contribution in [0.1, 0.15) is 9.80 Å². The number of carbonyl (C=O) groups excluding carboxylic acids is 1. The Bertz CT molecular complexity index is 1100. The average Bonchev–Trinajstić information content (AvgIpc) is 3.30. The summed E-state index contributed by atoms with van der Waals surface area (Å²) >= 11 is 11.0. The summed E-state index contributed by atoms with van der Waals surface area (Å²) in [5, 5.41) is 6.89. The van der Waals surface area contributed by atoms with Gasteiger partial charge in [0.05, 0.1) is 15.7 Å². The van der Waals surface area contributed by atoms with Crippen molar-refractivity contribution in [1.29, 1.82) is 0 Å². The van der Waals surface area contributed by atoms with Crippen LogP contribution in [-0.2, 0) is 0 Å². The zero-order valence-corrected chi connectivity index (χ0v) is 18.1. The van der Waals surface area contributed by atoms with Crippen LogP contribution in [0.3, 0.4) is 0 Å². The lowest BCUT2D eigenvalue weighted by atomic mass is 10.3. The maximum absolute atomic E-state index is 11.9. The molecule has 1 unspecified atom stereocenters. The monoisotopic (exact) mass is 452 g/mol. The van der Waals surface area contributed by atoms with Crippen LogP contribution in [0.5, 0.6) is 5.75 Å². The molecule has 0 bridgehead atoms. The molecule has 0 fully saturated rings. The number of nitrogens with zero attached hydrogens (tertiary/aromatic N) is 2. The fourth-order valence-electron chi connectivity index (χ4n) is 2.05. The molecule has 10 heteroatoms. The topological polar surface area (TPSA) is 67.9 Å². The van der Waals surface area contributed by atoms with Crippen LogP contribution in [0.4, 0.5) is 0 Å². The molecule has 0 saturated heterocycles. The van der Waals surface area contributed by atoms with E-state index < -0.39 is 15.5 Å². The van der Waals surface area contributed by atoms with Gasteiger partial charge in [-0.05, 0) is 24.3 Å². The third-order valence-electron chi connectivity index (χ3n) is 3.22. The van der Waals surface area contributed by atoms with Gasteiger partial charge in [0.15, 0.2) is 0 Å². The van der Waals surface area contributed by atoms with E-state index in [0.29, 0.717) is 14.7 Å². The lowest BCUT2D eigenvalue weighted by molar-refractivity contribution is 0.0733. The van der Waals surface area contributed by atoms with Crippen LogP contribution in [0.2, 0.25) is 0 Å².